The molecule has 1 aromatic heterocycles. The zero-order chi connectivity index (χ0) is 13.8. The Morgan fingerprint density at radius 1 is 1.32 bits per heavy atom. The Morgan fingerprint density at radius 3 is 2.74 bits per heavy atom. The lowest BCUT2D eigenvalue weighted by atomic mass is 10.1. The number of ether oxygens (including phenoxy) is 1. The Morgan fingerprint density at radius 2 is 2.11 bits per heavy atom. The number of benzene rings is 1. The molecule has 1 heterocycles. The number of aromatic nitrogens is 1. The van der Waals surface area contributed by atoms with Crippen LogP contribution in [0.2, 0.25) is 0 Å². The van der Waals surface area contributed by atoms with Crippen LogP contribution in [0.5, 0.6) is 5.75 Å². The average Bonchev–Trinajstić information content (AvgIpc) is 2.73. The van der Waals surface area contributed by atoms with Gasteiger partial charge in [0.15, 0.2) is 0 Å². The van der Waals surface area contributed by atoms with Gasteiger partial charge in [-0.15, -0.1) is 0 Å². The molecule has 0 aliphatic rings. The van der Waals surface area contributed by atoms with E-state index in [9.17, 15) is 0 Å². The summed E-state index contributed by atoms with van der Waals surface area (Å²) in [6.07, 6.45) is 4.34. The van der Waals surface area contributed by atoms with Crippen LogP contribution in [0.15, 0.2) is 24.4 Å². The third-order valence-corrected chi connectivity index (χ3v) is 3.38. The third kappa shape index (κ3) is 3.10. The molecule has 0 saturated carbocycles. The maximum absolute atomic E-state index is 5.63. The van der Waals surface area contributed by atoms with Crippen LogP contribution in [0.25, 0.3) is 10.9 Å². The molecule has 19 heavy (non-hydrogen) atoms. The van der Waals surface area contributed by atoms with E-state index in [0.29, 0.717) is 5.92 Å². The summed E-state index contributed by atoms with van der Waals surface area (Å²) in [5.41, 5.74) is 8.30. The van der Waals surface area contributed by atoms with E-state index < -0.39 is 0 Å². The highest BCUT2D eigenvalue weighted by atomic mass is 16.5. The number of nitrogens with zero attached hydrogens (tertiary/aromatic N) is 1. The quantitative estimate of drug-likeness (QED) is 0.866. The van der Waals surface area contributed by atoms with E-state index in [2.05, 4.69) is 36.7 Å². The standard InChI is InChI=1S/C16H24N2O/c1-12(2)10-18-11-13(5-4-8-17)15-9-14(19-3)6-7-16(15)18/h6-7,9,11-12H,4-5,8,10,17H2,1-3H3. The lowest BCUT2D eigenvalue weighted by molar-refractivity contribution is 0.415. The van der Waals surface area contributed by atoms with Gasteiger partial charge in [0.2, 0.25) is 0 Å². The molecule has 0 radical (unpaired) electrons. The van der Waals surface area contributed by atoms with Gasteiger partial charge in [0, 0.05) is 23.6 Å². The van der Waals surface area contributed by atoms with E-state index in [4.69, 9.17) is 10.5 Å². The fourth-order valence-electron chi connectivity index (χ4n) is 2.51. The summed E-state index contributed by atoms with van der Waals surface area (Å²) in [7, 11) is 1.71. The highest BCUT2D eigenvalue weighted by Gasteiger charge is 2.10. The SMILES string of the molecule is COc1ccc2c(c1)c(CCCN)cn2CC(C)C. The molecule has 2 aromatic rings. The minimum absolute atomic E-state index is 0.639. The summed E-state index contributed by atoms with van der Waals surface area (Å²) >= 11 is 0. The van der Waals surface area contributed by atoms with Gasteiger partial charge >= 0.3 is 0 Å². The molecular formula is C16H24N2O. The molecule has 0 bridgehead atoms. The van der Waals surface area contributed by atoms with Crippen LogP contribution in [0.4, 0.5) is 0 Å². The molecule has 0 spiro atoms. The first-order valence-corrected chi connectivity index (χ1v) is 7.01. The second-order valence-electron chi connectivity index (χ2n) is 5.48. The van der Waals surface area contributed by atoms with Crippen LogP contribution in [-0.4, -0.2) is 18.2 Å². The van der Waals surface area contributed by atoms with Gasteiger partial charge < -0.3 is 15.0 Å². The molecule has 3 heteroatoms. The van der Waals surface area contributed by atoms with E-state index in [1.807, 2.05) is 6.07 Å². The van der Waals surface area contributed by atoms with Crippen LogP contribution in [0, 0.1) is 5.92 Å². The summed E-state index contributed by atoms with van der Waals surface area (Å²) in [4.78, 5) is 0. The molecule has 104 valence electrons. The third-order valence-electron chi connectivity index (χ3n) is 3.38. The summed E-state index contributed by atoms with van der Waals surface area (Å²) in [6, 6.07) is 6.33. The lowest BCUT2D eigenvalue weighted by Crippen LogP contribution is -2.03. The largest absolute Gasteiger partial charge is 0.497 e. The van der Waals surface area contributed by atoms with Crippen molar-refractivity contribution in [2.24, 2.45) is 11.7 Å². The normalized spacial score (nSPS) is 11.4. The van der Waals surface area contributed by atoms with Crippen molar-refractivity contribution in [1.82, 2.24) is 4.57 Å². The molecule has 2 N–H and O–H groups in total. The smallest absolute Gasteiger partial charge is 0.119 e. The molecule has 0 saturated heterocycles. The maximum Gasteiger partial charge on any atom is 0.119 e. The Balaban J connectivity index is 2.46. The van der Waals surface area contributed by atoms with E-state index in [0.717, 1.165) is 31.7 Å². The second kappa shape index (κ2) is 6.11. The highest BCUT2D eigenvalue weighted by molar-refractivity contribution is 5.85. The topological polar surface area (TPSA) is 40.2 Å². The van der Waals surface area contributed by atoms with Gasteiger partial charge in [0.05, 0.1) is 7.11 Å². The van der Waals surface area contributed by atoms with E-state index in [1.165, 1.54) is 16.5 Å². The van der Waals surface area contributed by atoms with Gasteiger partial charge in [0.1, 0.15) is 5.75 Å². The van der Waals surface area contributed by atoms with E-state index in [1.54, 1.807) is 7.11 Å². The molecule has 0 aliphatic carbocycles. The second-order valence-corrected chi connectivity index (χ2v) is 5.48. The van der Waals surface area contributed by atoms with Crippen molar-refractivity contribution >= 4 is 10.9 Å². The molecule has 2 rings (SSSR count). The summed E-state index contributed by atoms with van der Waals surface area (Å²) in [5.74, 6) is 1.56. The lowest BCUT2D eigenvalue weighted by Gasteiger charge is -2.08. The van der Waals surface area contributed by atoms with Crippen molar-refractivity contribution < 1.29 is 4.74 Å². The monoisotopic (exact) mass is 260 g/mol. The molecule has 0 fully saturated rings. The summed E-state index contributed by atoms with van der Waals surface area (Å²) < 4.78 is 7.69. The zero-order valence-corrected chi connectivity index (χ0v) is 12.1. The van der Waals surface area contributed by atoms with Crippen molar-refractivity contribution in [2.45, 2.75) is 33.2 Å². The number of hydrogen-bond donors (Lipinski definition) is 1. The van der Waals surface area contributed by atoms with Crippen molar-refractivity contribution in [2.75, 3.05) is 13.7 Å². The van der Waals surface area contributed by atoms with E-state index in [-0.39, 0.29) is 0 Å². The number of rotatable bonds is 6. The van der Waals surface area contributed by atoms with Crippen molar-refractivity contribution in [3.63, 3.8) is 0 Å². The van der Waals surface area contributed by atoms with Crippen molar-refractivity contribution in [1.29, 1.82) is 0 Å². The Labute approximate surface area is 115 Å². The van der Waals surface area contributed by atoms with Gasteiger partial charge in [-0.1, -0.05) is 13.8 Å². The number of methoxy groups -OCH3 is 1. The molecule has 3 nitrogen and oxygen atoms in total. The fourth-order valence-corrected chi connectivity index (χ4v) is 2.51. The van der Waals surface area contributed by atoms with Crippen LogP contribution in [-0.2, 0) is 13.0 Å². The molecule has 0 amide bonds. The van der Waals surface area contributed by atoms with Crippen LogP contribution in [0.1, 0.15) is 25.8 Å². The molecule has 0 unspecified atom stereocenters. The average molecular weight is 260 g/mol. The minimum Gasteiger partial charge on any atom is -0.497 e. The van der Waals surface area contributed by atoms with Gasteiger partial charge in [-0.05, 0) is 49.1 Å². The predicted molar refractivity (Wildman–Crippen MR) is 80.7 cm³/mol. The number of hydrogen-bond acceptors (Lipinski definition) is 2. The predicted octanol–water partition coefficient (Wildman–Crippen LogP) is 3.20. The van der Waals surface area contributed by atoms with Crippen LogP contribution >= 0.6 is 0 Å². The summed E-state index contributed by atoms with van der Waals surface area (Å²) in [5, 5.41) is 1.30. The number of fused-ring (bicyclic) bond motifs is 1. The zero-order valence-electron chi connectivity index (χ0n) is 12.1. The Kier molecular flexibility index (Phi) is 4.48. The van der Waals surface area contributed by atoms with Crippen LogP contribution < -0.4 is 10.5 Å². The maximum atomic E-state index is 5.63. The van der Waals surface area contributed by atoms with Gasteiger partial charge in [-0.2, -0.15) is 0 Å². The van der Waals surface area contributed by atoms with Crippen molar-refractivity contribution in [3.05, 3.63) is 30.0 Å². The van der Waals surface area contributed by atoms with Crippen LogP contribution in [0.3, 0.4) is 0 Å². The van der Waals surface area contributed by atoms with E-state index >= 15 is 0 Å². The van der Waals surface area contributed by atoms with Gasteiger partial charge in [-0.25, -0.2) is 0 Å². The minimum atomic E-state index is 0.639. The summed E-state index contributed by atoms with van der Waals surface area (Å²) in [6.45, 7) is 6.27. The van der Waals surface area contributed by atoms with Gasteiger partial charge in [0.25, 0.3) is 0 Å². The highest BCUT2D eigenvalue weighted by Crippen LogP contribution is 2.27. The molecule has 1 aromatic carbocycles. The molecule has 0 atom stereocenters. The van der Waals surface area contributed by atoms with Crippen molar-refractivity contribution in [3.8, 4) is 5.75 Å². The number of nitrogens with two attached hydrogens (primary N) is 1. The molecular weight excluding hydrogens is 236 g/mol. The molecule has 0 aliphatic heterocycles. The fraction of sp³-hybridized carbons (Fsp3) is 0.500. The first kappa shape index (κ1) is 13.9. The number of aryl methyl sites for hydroxylation is 1. The van der Waals surface area contributed by atoms with Gasteiger partial charge in [-0.3, -0.25) is 0 Å². The Bertz CT molecular complexity index is 543. The first-order chi connectivity index (χ1) is 9.15. The first-order valence-electron chi connectivity index (χ1n) is 7.01. The Hall–Kier alpha value is -1.48.